The summed E-state index contributed by atoms with van der Waals surface area (Å²) in [4.78, 5) is 3.70. The molecule has 0 amide bonds. The molecule has 1 heterocycles. The highest BCUT2D eigenvalue weighted by molar-refractivity contribution is 5.73. The van der Waals surface area contributed by atoms with E-state index in [1.165, 1.54) is 0 Å². The first-order chi connectivity index (χ1) is 4.33. The quantitative estimate of drug-likeness (QED) is 0.500. The van der Waals surface area contributed by atoms with Crippen LogP contribution in [0.2, 0.25) is 0 Å². The number of ether oxygens (including phenoxy) is 1. The van der Waals surface area contributed by atoms with E-state index in [1.54, 1.807) is 7.05 Å². The summed E-state index contributed by atoms with van der Waals surface area (Å²) in [6.07, 6.45) is -0.893. The van der Waals surface area contributed by atoms with Gasteiger partial charge in [0.05, 0.1) is 6.54 Å². The Balaban J connectivity index is 2.35. The van der Waals surface area contributed by atoms with Gasteiger partial charge in [-0.3, -0.25) is 0 Å². The van der Waals surface area contributed by atoms with Crippen LogP contribution in [0.15, 0.2) is 4.99 Å². The molecule has 0 bridgehead atoms. The molecule has 1 N–H and O–H groups in total. The van der Waals surface area contributed by atoms with Crippen LogP contribution in [0.3, 0.4) is 0 Å². The minimum atomic E-state index is -0.893. The maximum absolute atomic E-state index is 12.3. The molecule has 3 nitrogen and oxygen atoms in total. The van der Waals surface area contributed by atoms with Crippen LogP contribution < -0.4 is 5.32 Å². The van der Waals surface area contributed by atoms with Gasteiger partial charge in [0.25, 0.3) is 6.02 Å². The van der Waals surface area contributed by atoms with Crippen LogP contribution in [0.1, 0.15) is 0 Å². The van der Waals surface area contributed by atoms with E-state index in [1.807, 2.05) is 0 Å². The molecule has 0 saturated carbocycles. The molecular formula is C5H9FN2O. The number of hydrogen-bond acceptors (Lipinski definition) is 2. The first-order valence-corrected chi connectivity index (χ1v) is 2.80. The van der Waals surface area contributed by atoms with Gasteiger partial charge in [-0.2, -0.15) is 0 Å². The van der Waals surface area contributed by atoms with Crippen molar-refractivity contribution in [1.29, 1.82) is 0 Å². The van der Waals surface area contributed by atoms with Crippen molar-refractivity contribution in [2.24, 2.45) is 4.99 Å². The number of aliphatic imine (C=N–C) groups is 1. The Hall–Kier alpha value is -0.800. The van der Waals surface area contributed by atoms with E-state index in [0.29, 0.717) is 12.6 Å². The third kappa shape index (κ3) is 1.55. The highest BCUT2D eigenvalue weighted by atomic mass is 19.1. The Labute approximate surface area is 52.9 Å². The van der Waals surface area contributed by atoms with E-state index >= 15 is 0 Å². The van der Waals surface area contributed by atoms with Gasteiger partial charge in [-0.05, 0) is 0 Å². The van der Waals surface area contributed by atoms with E-state index in [4.69, 9.17) is 4.74 Å². The molecule has 0 aromatic heterocycles. The molecular weight excluding hydrogens is 123 g/mol. The number of halogens is 1. The van der Waals surface area contributed by atoms with Crippen molar-refractivity contribution in [2.45, 2.75) is 6.17 Å². The Morgan fingerprint density at radius 3 is 3.11 bits per heavy atom. The van der Waals surface area contributed by atoms with Crippen molar-refractivity contribution >= 4 is 6.02 Å². The first-order valence-electron chi connectivity index (χ1n) is 2.80. The van der Waals surface area contributed by atoms with Gasteiger partial charge in [0, 0.05) is 7.05 Å². The smallest absolute Gasteiger partial charge is 0.284 e. The van der Waals surface area contributed by atoms with Crippen LogP contribution in [0.4, 0.5) is 4.39 Å². The average molecular weight is 132 g/mol. The molecule has 1 aliphatic rings. The van der Waals surface area contributed by atoms with Crippen molar-refractivity contribution in [1.82, 2.24) is 5.32 Å². The van der Waals surface area contributed by atoms with E-state index in [-0.39, 0.29) is 6.61 Å². The van der Waals surface area contributed by atoms with Crippen LogP contribution in [-0.4, -0.2) is 32.4 Å². The molecule has 1 rings (SSSR count). The van der Waals surface area contributed by atoms with Gasteiger partial charge in [-0.15, -0.1) is 0 Å². The average Bonchev–Trinajstić information content (AvgIpc) is 1.90. The summed E-state index contributed by atoms with van der Waals surface area (Å²) in [6.45, 7) is 0.437. The fourth-order valence-corrected chi connectivity index (χ4v) is 0.621. The van der Waals surface area contributed by atoms with Crippen molar-refractivity contribution < 1.29 is 9.13 Å². The van der Waals surface area contributed by atoms with Crippen LogP contribution in [0.25, 0.3) is 0 Å². The standard InChI is InChI=1S/C5H9FN2O/c1-7-5-8-2-4(6)3-9-5/h4H,2-3H2,1H3,(H,7,8). The number of hydrogen-bond donors (Lipinski definition) is 1. The summed E-state index contributed by atoms with van der Waals surface area (Å²) in [5.41, 5.74) is 0. The molecule has 4 heteroatoms. The number of nitrogens with one attached hydrogen (secondary N) is 1. The van der Waals surface area contributed by atoms with Gasteiger partial charge in [-0.25, -0.2) is 9.38 Å². The summed E-state index contributed by atoms with van der Waals surface area (Å²) in [5, 5.41) is 2.67. The van der Waals surface area contributed by atoms with Crippen molar-refractivity contribution in [2.75, 3.05) is 20.2 Å². The van der Waals surface area contributed by atoms with Crippen LogP contribution in [-0.2, 0) is 4.74 Å². The van der Waals surface area contributed by atoms with Gasteiger partial charge in [0.1, 0.15) is 6.61 Å². The molecule has 0 aliphatic carbocycles. The lowest BCUT2D eigenvalue weighted by molar-refractivity contribution is 0.152. The number of nitrogens with zero attached hydrogens (tertiary/aromatic N) is 1. The topological polar surface area (TPSA) is 33.6 Å². The molecule has 1 fully saturated rings. The minimum absolute atomic E-state index is 0.125. The fourth-order valence-electron chi connectivity index (χ4n) is 0.621. The second-order valence-corrected chi connectivity index (χ2v) is 1.82. The SMILES string of the molecule is CN=C1NCC(F)CO1. The largest absolute Gasteiger partial charge is 0.462 e. The van der Waals surface area contributed by atoms with Gasteiger partial charge >= 0.3 is 0 Å². The Kier molecular flexibility index (Phi) is 1.87. The van der Waals surface area contributed by atoms with E-state index < -0.39 is 6.17 Å². The molecule has 0 spiro atoms. The van der Waals surface area contributed by atoms with Crippen LogP contribution in [0.5, 0.6) is 0 Å². The summed E-state index contributed by atoms with van der Waals surface area (Å²) in [7, 11) is 1.60. The van der Waals surface area contributed by atoms with Crippen molar-refractivity contribution in [3.8, 4) is 0 Å². The predicted molar refractivity (Wildman–Crippen MR) is 32.2 cm³/mol. The van der Waals surface area contributed by atoms with E-state index in [9.17, 15) is 4.39 Å². The lowest BCUT2D eigenvalue weighted by atomic mass is 10.4. The van der Waals surface area contributed by atoms with Gasteiger partial charge < -0.3 is 10.1 Å². The van der Waals surface area contributed by atoms with E-state index in [0.717, 1.165) is 0 Å². The lowest BCUT2D eigenvalue weighted by Gasteiger charge is -2.19. The second-order valence-electron chi connectivity index (χ2n) is 1.82. The highest BCUT2D eigenvalue weighted by Crippen LogP contribution is 1.96. The molecule has 0 radical (unpaired) electrons. The zero-order valence-electron chi connectivity index (χ0n) is 5.22. The van der Waals surface area contributed by atoms with Crippen LogP contribution in [0, 0.1) is 0 Å². The monoisotopic (exact) mass is 132 g/mol. The van der Waals surface area contributed by atoms with Gasteiger partial charge in [-0.1, -0.05) is 0 Å². The summed E-state index contributed by atoms with van der Waals surface area (Å²) < 4.78 is 17.1. The molecule has 1 saturated heterocycles. The Morgan fingerprint density at radius 2 is 2.67 bits per heavy atom. The summed E-state index contributed by atoms with van der Waals surface area (Å²) in [6, 6.07) is 0.434. The van der Waals surface area contributed by atoms with Gasteiger partial charge in [0.2, 0.25) is 0 Å². The molecule has 1 aliphatic heterocycles. The van der Waals surface area contributed by atoms with Gasteiger partial charge in [0.15, 0.2) is 6.17 Å². The number of amidine groups is 1. The van der Waals surface area contributed by atoms with Crippen molar-refractivity contribution in [3.05, 3.63) is 0 Å². The zero-order chi connectivity index (χ0) is 6.69. The first kappa shape index (κ1) is 6.32. The summed E-state index contributed by atoms with van der Waals surface area (Å²) in [5.74, 6) is 0. The maximum Gasteiger partial charge on any atom is 0.284 e. The Morgan fingerprint density at radius 1 is 1.89 bits per heavy atom. The Bertz CT molecular complexity index is 116. The maximum atomic E-state index is 12.3. The molecule has 0 aromatic rings. The third-order valence-electron chi connectivity index (χ3n) is 1.08. The zero-order valence-corrected chi connectivity index (χ0v) is 5.22. The molecule has 1 unspecified atom stereocenters. The van der Waals surface area contributed by atoms with Crippen molar-refractivity contribution in [3.63, 3.8) is 0 Å². The fraction of sp³-hybridized carbons (Fsp3) is 0.800. The third-order valence-corrected chi connectivity index (χ3v) is 1.08. The number of alkyl halides is 1. The lowest BCUT2D eigenvalue weighted by Crippen LogP contribution is -2.40. The highest BCUT2D eigenvalue weighted by Gasteiger charge is 2.15. The molecule has 0 aromatic carbocycles. The molecule has 52 valence electrons. The summed E-state index contributed by atoms with van der Waals surface area (Å²) >= 11 is 0. The van der Waals surface area contributed by atoms with Crippen LogP contribution >= 0.6 is 0 Å². The normalized spacial score (nSPS) is 31.3. The van der Waals surface area contributed by atoms with E-state index in [2.05, 4.69) is 10.3 Å². The predicted octanol–water partition coefficient (Wildman–Crippen LogP) is -0.0699. The molecule has 9 heavy (non-hydrogen) atoms. The second kappa shape index (κ2) is 2.66. The minimum Gasteiger partial charge on any atom is -0.462 e. The molecule has 1 atom stereocenters. The number of rotatable bonds is 0.